The number of benzene rings is 2. The zero-order valence-corrected chi connectivity index (χ0v) is 11.7. The molecular formula is C17H19NO. The highest BCUT2D eigenvalue weighted by Crippen LogP contribution is 2.45. The van der Waals surface area contributed by atoms with Gasteiger partial charge in [0.2, 0.25) is 0 Å². The van der Waals surface area contributed by atoms with Crippen LogP contribution >= 0.6 is 0 Å². The monoisotopic (exact) mass is 253 g/mol. The number of fused-ring (bicyclic) bond motifs is 1. The Morgan fingerprint density at radius 2 is 1.68 bits per heavy atom. The van der Waals surface area contributed by atoms with E-state index < -0.39 is 0 Å². The van der Waals surface area contributed by atoms with Gasteiger partial charge in [0.25, 0.3) is 0 Å². The summed E-state index contributed by atoms with van der Waals surface area (Å²) in [5, 5.41) is 0. The molecule has 1 atom stereocenters. The topological polar surface area (TPSA) is 35.2 Å². The van der Waals surface area contributed by atoms with Crippen LogP contribution in [0.5, 0.6) is 5.75 Å². The predicted octanol–water partition coefficient (Wildman–Crippen LogP) is 3.72. The molecule has 2 aromatic carbocycles. The van der Waals surface area contributed by atoms with Crippen molar-refractivity contribution in [1.82, 2.24) is 0 Å². The summed E-state index contributed by atoms with van der Waals surface area (Å²) in [6.45, 7) is 6.98. The molecule has 1 unspecified atom stereocenters. The van der Waals surface area contributed by atoms with Gasteiger partial charge in [-0.15, -0.1) is 0 Å². The fourth-order valence-electron chi connectivity index (χ4n) is 2.97. The molecule has 19 heavy (non-hydrogen) atoms. The Morgan fingerprint density at radius 3 is 2.37 bits per heavy atom. The number of hydrogen-bond acceptors (Lipinski definition) is 2. The Balaban J connectivity index is 2.21. The lowest BCUT2D eigenvalue weighted by atomic mass is 9.87. The largest absolute Gasteiger partial charge is 0.492 e. The lowest BCUT2D eigenvalue weighted by Gasteiger charge is -2.17. The second kappa shape index (κ2) is 4.30. The highest BCUT2D eigenvalue weighted by atomic mass is 16.5. The van der Waals surface area contributed by atoms with Crippen LogP contribution in [-0.4, -0.2) is 6.61 Å². The second-order valence-corrected chi connectivity index (χ2v) is 5.31. The van der Waals surface area contributed by atoms with E-state index in [2.05, 4.69) is 45.0 Å². The van der Waals surface area contributed by atoms with Crippen LogP contribution in [0.3, 0.4) is 0 Å². The first kappa shape index (κ1) is 12.1. The predicted molar refractivity (Wildman–Crippen MR) is 78.8 cm³/mol. The minimum Gasteiger partial charge on any atom is -0.492 e. The van der Waals surface area contributed by atoms with Gasteiger partial charge in [-0.05, 0) is 43.0 Å². The van der Waals surface area contributed by atoms with Gasteiger partial charge in [-0.25, -0.2) is 0 Å². The molecule has 2 heteroatoms. The van der Waals surface area contributed by atoms with Crippen molar-refractivity contribution in [2.45, 2.75) is 26.7 Å². The molecule has 0 saturated carbocycles. The molecule has 1 aliphatic rings. The van der Waals surface area contributed by atoms with Gasteiger partial charge in [0.05, 0.1) is 6.61 Å². The molecule has 1 aliphatic heterocycles. The van der Waals surface area contributed by atoms with Crippen LogP contribution in [0.4, 0.5) is 5.69 Å². The first-order chi connectivity index (χ1) is 9.11. The summed E-state index contributed by atoms with van der Waals surface area (Å²) in [7, 11) is 0. The molecule has 0 aliphatic carbocycles. The van der Waals surface area contributed by atoms with E-state index in [0.29, 0.717) is 12.5 Å². The Kier molecular flexibility index (Phi) is 2.74. The first-order valence-electron chi connectivity index (χ1n) is 6.68. The van der Waals surface area contributed by atoms with Gasteiger partial charge in [-0.2, -0.15) is 0 Å². The van der Waals surface area contributed by atoms with Gasteiger partial charge in [-0.1, -0.05) is 30.3 Å². The zero-order chi connectivity index (χ0) is 13.6. The van der Waals surface area contributed by atoms with Crippen molar-refractivity contribution in [2.24, 2.45) is 0 Å². The molecule has 2 N–H and O–H groups in total. The van der Waals surface area contributed by atoms with Crippen LogP contribution in [0.2, 0.25) is 0 Å². The molecule has 2 aromatic rings. The molecular weight excluding hydrogens is 234 g/mol. The molecule has 0 amide bonds. The van der Waals surface area contributed by atoms with E-state index in [-0.39, 0.29) is 0 Å². The van der Waals surface area contributed by atoms with Gasteiger partial charge in [0.1, 0.15) is 5.75 Å². The van der Waals surface area contributed by atoms with E-state index in [0.717, 1.165) is 17.0 Å². The first-order valence-corrected chi connectivity index (χ1v) is 6.68. The number of nitrogen functional groups attached to an aromatic ring is 1. The van der Waals surface area contributed by atoms with E-state index in [1.165, 1.54) is 22.3 Å². The Bertz CT molecular complexity index is 632. The maximum absolute atomic E-state index is 6.24. The lowest BCUT2D eigenvalue weighted by Crippen LogP contribution is -2.05. The van der Waals surface area contributed by atoms with Crippen molar-refractivity contribution >= 4 is 5.69 Å². The van der Waals surface area contributed by atoms with E-state index in [4.69, 9.17) is 10.5 Å². The van der Waals surface area contributed by atoms with Crippen LogP contribution in [0.1, 0.15) is 33.7 Å². The van der Waals surface area contributed by atoms with Crippen molar-refractivity contribution in [3.8, 4) is 5.75 Å². The molecule has 98 valence electrons. The summed E-state index contributed by atoms with van der Waals surface area (Å²) in [5.41, 5.74) is 13.2. The molecule has 0 aromatic heterocycles. The van der Waals surface area contributed by atoms with Gasteiger partial charge >= 0.3 is 0 Å². The number of rotatable bonds is 1. The number of ether oxygens (including phenoxy) is 1. The average Bonchev–Trinajstić information content (AvgIpc) is 2.88. The fourth-order valence-corrected chi connectivity index (χ4v) is 2.97. The number of hydrogen-bond donors (Lipinski definition) is 1. The van der Waals surface area contributed by atoms with Crippen molar-refractivity contribution < 1.29 is 4.74 Å². The molecule has 0 saturated heterocycles. The van der Waals surface area contributed by atoms with Crippen LogP contribution in [0.25, 0.3) is 0 Å². The standard InChI is InChI=1S/C17H19NO/c1-10-11(2)17-15(12(3)16(10)18)14(9-19-17)13-7-5-4-6-8-13/h4-8,14H,9,18H2,1-3H3. The van der Waals surface area contributed by atoms with Gasteiger partial charge < -0.3 is 10.5 Å². The minimum atomic E-state index is 0.304. The van der Waals surface area contributed by atoms with E-state index in [9.17, 15) is 0 Å². The van der Waals surface area contributed by atoms with E-state index >= 15 is 0 Å². The molecule has 0 bridgehead atoms. The average molecular weight is 253 g/mol. The van der Waals surface area contributed by atoms with Crippen LogP contribution < -0.4 is 10.5 Å². The summed E-state index contributed by atoms with van der Waals surface area (Å²) in [5.74, 6) is 1.34. The summed E-state index contributed by atoms with van der Waals surface area (Å²) in [6, 6.07) is 10.5. The molecule has 0 radical (unpaired) electrons. The molecule has 1 heterocycles. The normalized spacial score (nSPS) is 17.1. The SMILES string of the molecule is Cc1c(C)c2c(c(C)c1N)C(c1ccccc1)CO2. The smallest absolute Gasteiger partial charge is 0.126 e. The highest BCUT2D eigenvalue weighted by Gasteiger charge is 2.30. The van der Waals surface area contributed by atoms with Crippen LogP contribution in [-0.2, 0) is 0 Å². The quantitative estimate of drug-likeness (QED) is 0.786. The molecule has 0 spiro atoms. The van der Waals surface area contributed by atoms with Gasteiger partial charge in [0.15, 0.2) is 0 Å². The van der Waals surface area contributed by atoms with Crippen LogP contribution in [0.15, 0.2) is 30.3 Å². The lowest BCUT2D eigenvalue weighted by molar-refractivity contribution is 0.341. The molecule has 2 nitrogen and oxygen atoms in total. The summed E-state index contributed by atoms with van der Waals surface area (Å²) in [4.78, 5) is 0. The third-order valence-electron chi connectivity index (χ3n) is 4.30. The van der Waals surface area contributed by atoms with Crippen molar-refractivity contribution in [1.29, 1.82) is 0 Å². The van der Waals surface area contributed by atoms with E-state index in [1.807, 2.05) is 6.07 Å². The van der Waals surface area contributed by atoms with Gasteiger partial charge in [-0.3, -0.25) is 0 Å². The van der Waals surface area contributed by atoms with E-state index in [1.54, 1.807) is 0 Å². The van der Waals surface area contributed by atoms with Crippen LogP contribution in [0, 0.1) is 20.8 Å². The summed E-state index contributed by atoms with van der Waals surface area (Å²) >= 11 is 0. The van der Waals surface area contributed by atoms with Gasteiger partial charge in [0, 0.05) is 17.2 Å². The van der Waals surface area contributed by atoms with Crippen molar-refractivity contribution in [2.75, 3.05) is 12.3 Å². The maximum atomic E-state index is 6.24. The number of anilines is 1. The van der Waals surface area contributed by atoms with Crippen molar-refractivity contribution in [3.05, 3.63) is 58.1 Å². The Morgan fingerprint density at radius 1 is 1.00 bits per heavy atom. The maximum Gasteiger partial charge on any atom is 0.126 e. The minimum absolute atomic E-state index is 0.304. The zero-order valence-electron chi connectivity index (χ0n) is 11.7. The highest BCUT2D eigenvalue weighted by molar-refractivity contribution is 5.68. The summed E-state index contributed by atoms with van der Waals surface area (Å²) in [6.07, 6.45) is 0. The fraction of sp³-hybridized carbons (Fsp3) is 0.294. The summed E-state index contributed by atoms with van der Waals surface area (Å²) < 4.78 is 5.96. The Labute approximate surface area is 114 Å². The Hall–Kier alpha value is -1.96. The third kappa shape index (κ3) is 1.71. The van der Waals surface area contributed by atoms with Crippen molar-refractivity contribution in [3.63, 3.8) is 0 Å². The third-order valence-corrected chi connectivity index (χ3v) is 4.30. The second-order valence-electron chi connectivity index (χ2n) is 5.31. The molecule has 3 rings (SSSR count). The number of nitrogens with two attached hydrogens (primary N) is 1. The molecule has 0 fully saturated rings.